The molecule has 1 aliphatic heterocycles. The van der Waals surface area contributed by atoms with Crippen molar-refractivity contribution < 1.29 is 23.8 Å². The van der Waals surface area contributed by atoms with Crippen molar-refractivity contribution in [1.82, 2.24) is 5.32 Å². The zero-order valence-corrected chi connectivity index (χ0v) is 11.3. The number of halogens is 1. The second-order valence-electron chi connectivity index (χ2n) is 4.85. The Labute approximate surface area is 121 Å². The number of carboxylic acids is 1. The lowest BCUT2D eigenvalue weighted by molar-refractivity contribution is -0.131. The highest BCUT2D eigenvalue weighted by molar-refractivity contribution is 5.94. The molecule has 5 nitrogen and oxygen atoms in total. The van der Waals surface area contributed by atoms with Crippen LogP contribution in [0.1, 0.15) is 22.3 Å². The summed E-state index contributed by atoms with van der Waals surface area (Å²) in [5.41, 5.74) is 0.331. The van der Waals surface area contributed by atoms with E-state index < -0.39 is 17.7 Å². The largest absolute Gasteiger partial charge is 0.478 e. The minimum Gasteiger partial charge on any atom is -0.478 e. The van der Waals surface area contributed by atoms with Gasteiger partial charge < -0.3 is 15.2 Å². The molecule has 21 heavy (non-hydrogen) atoms. The lowest BCUT2D eigenvalue weighted by Crippen LogP contribution is -2.30. The molecule has 1 saturated heterocycles. The van der Waals surface area contributed by atoms with Gasteiger partial charge in [-0.25, -0.2) is 9.18 Å². The molecule has 1 atom stereocenters. The zero-order valence-electron chi connectivity index (χ0n) is 11.3. The van der Waals surface area contributed by atoms with E-state index in [2.05, 4.69) is 5.32 Å². The fraction of sp³-hybridized carbons (Fsp3) is 0.333. The Morgan fingerprint density at radius 1 is 1.48 bits per heavy atom. The number of hydrogen-bond acceptors (Lipinski definition) is 3. The maximum Gasteiger partial charge on any atom is 0.328 e. The third-order valence-electron chi connectivity index (χ3n) is 3.23. The Bertz CT molecular complexity index is 565. The topological polar surface area (TPSA) is 75.6 Å². The standard InChI is InChI=1S/C15H16FNO4/c16-13-7-10(2-4-14(18)19)1-3-12(13)15(20)17-8-11-5-6-21-9-11/h1-4,7,11H,5-6,8-9H2,(H,17,20)(H,18,19). The molecular formula is C15H16FNO4. The van der Waals surface area contributed by atoms with E-state index in [1.165, 1.54) is 18.2 Å². The smallest absolute Gasteiger partial charge is 0.328 e. The molecule has 0 aliphatic carbocycles. The summed E-state index contributed by atoms with van der Waals surface area (Å²) in [7, 11) is 0. The minimum absolute atomic E-state index is 0.0543. The van der Waals surface area contributed by atoms with Crippen LogP contribution in [0.3, 0.4) is 0 Å². The molecule has 0 saturated carbocycles. The number of carboxylic acid groups (broad SMARTS) is 1. The van der Waals surface area contributed by atoms with Crippen molar-refractivity contribution in [3.05, 3.63) is 41.2 Å². The van der Waals surface area contributed by atoms with Crippen molar-refractivity contribution in [1.29, 1.82) is 0 Å². The molecule has 112 valence electrons. The molecule has 0 spiro atoms. The number of carbonyl (C=O) groups excluding carboxylic acids is 1. The lowest BCUT2D eigenvalue weighted by atomic mass is 10.1. The third kappa shape index (κ3) is 4.39. The summed E-state index contributed by atoms with van der Waals surface area (Å²) in [4.78, 5) is 22.3. The predicted octanol–water partition coefficient (Wildman–Crippen LogP) is 1.69. The molecule has 1 aliphatic rings. The number of benzene rings is 1. The summed E-state index contributed by atoms with van der Waals surface area (Å²) in [5, 5.41) is 11.2. The van der Waals surface area contributed by atoms with Crippen LogP contribution in [0.15, 0.2) is 24.3 Å². The predicted molar refractivity (Wildman–Crippen MR) is 74.3 cm³/mol. The van der Waals surface area contributed by atoms with Gasteiger partial charge in [-0.15, -0.1) is 0 Å². The highest BCUT2D eigenvalue weighted by Gasteiger charge is 2.18. The number of rotatable bonds is 5. The molecule has 2 N–H and O–H groups in total. The summed E-state index contributed by atoms with van der Waals surface area (Å²) in [6.45, 7) is 1.76. The van der Waals surface area contributed by atoms with E-state index in [4.69, 9.17) is 9.84 Å². The van der Waals surface area contributed by atoms with Gasteiger partial charge in [0.25, 0.3) is 5.91 Å². The first-order chi connectivity index (χ1) is 10.1. The second-order valence-corrected chi connectivity index (χ2v) is 4.85. The Morgan fingerprint density at radius 3 is 2.90 bits per heavy atom. The first-order valence-electron chi connectivity index (χ1n) is 6.63. The lowest BCUT2D eigenvalue weighted by Gasteiger charge is -2.10. The van der Waals surface area contributed by atoms with Crippen molar-refractivity contribution in [3.63, 3.8) is 0 Å². The maximum atomic E-state index is 13.9. The third-order valence-corrected chi connectivity index (χ3v) is 3.23. The van der Waals surface area contributed by atoms with Gasteiger partial charge in [-0.1, -0.05) is 6.07 Å². The normalized spacial score (nSPS) is 18.0. The summed E-state index contributed by atoms with van der Waals surface area (Å²) >= 11 is 0. The van der Waals surface area contributed by atoms with Gasteiger partial charge in [0.1, 0.15) is 5.82 Å². The van der Waals surface area contributed by atoms with Crippen LogP contribution >= 0.6 is 0 Å². The van der Waals surface area contributed by atoms with E-state index in [0.717, 1.165) is 18.6 Å². The molecule has 1 aromatic rings. The van der Waals surface area contributed by atoms with Crippen LogP contribution in [0.4, 0.5) is 4.39 Å². The molecule has 1 unspecified atom stereocenters. The summed E-state index contributed by atoms with van der Waals surface area (Å²) in [6, 6.07) is 3.97. The Hall–Kier alpha value is -2.21. The minimum atomic E-state index is -1.11. The summed E-state index contributed by atoms with van der Waals surface area (Å²) in [6.07, 6.45) is 3.07. The Morgan fingerprint density at radius 2 is 2.29 bits per heavy atom. The van der Waals surface area contributed by atoms with Crippen LogP contribution in [-0.4, -0.2) is 36.7 Å². The number of amides is 1. The number of aliphatic carboxylic acids is 1. The first kappa shape index (κ1) is 15.2. The van der Waals surface area contributed by atoms with Gasteiger partial charge >= 0.3 is 5.97 Å². The van der Waals surface area contributed by atoms with E-state index in [9.17, 15) is 14.0 Å². The molecule has 1 amide bonds. The summed E-state index contributed by atoms with van der Waals surface area (Å²) in [5.74, 6) is -2.00. The van der Waals surface area contributed by atoms with E-state index in [0.29, 0.717) is 25.3 Å². The highest BCUT2D eigenvalue weighted by atomic mass is 19.1. The molecule has 0 bridgehead atoms. The molecule has 1 heterocycles. The molecule has 1 fully saturated rings. The van der Waals surface area contributed by atoms with Gasteiger partial charge in [-0.2, -0.15) is 0 Å². The van der Waals surface area contributed by atoms with Crippen molar-refractivity contribution in [3.8, 4) is 0 Å². The van der Waals surface area contributed by atoms with Crippen LogP contribution in [0.5, 0.6) is 0 Å². The highest BCUT2D eigenvalue weighted by Crippen LogP contribution is 2.14. The Balaban J connectivity index is 1.98. The van der Waals surface area contributed by atoms with Gasteiger partial charge in [0, 0.05) is 25.1 Å². The van der Waals surface area contributed by atoms with Crippen molar-refractivity contribution in [2.45, 2.75) is 6.42 Å². The average molecular weight is 293 g/mol. The zero-order chi connectivity index (χ0) is 15.2. The number of hydrogen-bond donors (Lipinski definition) is 2. The van der Waals surface area contributed by atoms with Crippen LogP contribution < -0.4 is 5.32 Å². The van der Waals surface area contributed by atoms with E-state index in [1.807, 2.05) is 0 Å². The van der Waals surface area contributed by atoms with E-state index in [-0.39, 0.29) is 11.5 Å². The van der Waals surface area contributed by atoms with E-state index >= 15 is 0 Å². The van der Waals surface area contributed by atoms with Gasteiger partial charge in [0.2, 0.25) is 0 Å². The van der Waals surface area contributed by atoms with Gasteiger partial charge in [0.15, 0.2) is 0 Å². The second kappa shape index (κ2) is 6.99. The van der Waals surface area contributed by atoms with Crippen molar-refractivity contribution in [2.24, 2.45) is 5.92 Å². The Kier molecular flexibility index (Phi) is 5.05. The fourth-order valence-electron chi connectivity index (χ4n) is 2.06. The molecular weight excluding hydrogens is 277 g/mol. The average Bonchev–Trinajstić information content (AvgIpc) is 2.96. The van der Waals surface area contributed by atoms with Crippen LogP contribution in [0, 0.1) is 11.7 Å². The van der Waals surface area contributed by atoms with E-state index in [1.54, 1.807) is 0 Å². The SMILES string of the molecule is O=C(O)C=Cc1ccc(C(=O)NCC2CCOC2)c(F)c1. The van der Waals surface area contributed by atoms with Crippen LogP contribution in [-0.2, 0) is 9.53 Å². The van der Waals surface area contributed by atoms with Gasteiger partial charge in [-0.05, 0) is 30.2 Å². The summed E-state index contributed by atoms with van der Waals surface area (Å²) < 4.78 is 19.1. The quantitative estimate of drug-likeness (QED) is 0.810. The molecule has 0 radical (unpaired) electrons. The van der Waals surface area contributed by atoms with Gasteiger partial charge in [-0.3, -0.25) is 4.79 Å². The number of nitrogens with one attached hydrogen (secondary N) is 1. The maximum absolute atomic E-state index is 13.9. The molecule has 1 aromatic carbocycles. The molecule has 0 aromatic heterocycles. The first-order valence-corrected chi connectivity index (χ1v) is 6.63. The number of ether oxygens (including phenoxy) is 1. The van der Waals surface area contributed by atoms with Crippen molar-refractivity contribution in [2.75, 3.05) is 19.8 Å². The van der Waals surface area contributed by atoms with Gasteiger partial charge in [0.05, 0.1) is 12.2 Å². The van der Waals surface area contributed by atoms with Crippen molar-refractivity contribution >= 4 is 18.0 Å². The van der Waals surface area contributed by atoms with Crippen LogP contribution in [0.2, 0.25) is 0 Å². The number of carbonyl (C=O) groups is 2. The molecule has 6 heteroatoms. The fourth-order valence-corrected chi connectivity index (χ4v) is 2.06. The molecule has 2 rings (SSSR count). The monoisotopic (exact) mass is 293 g/mol. The van der Waals surface area contributed by atoms with Crippen LogP contribution in [0.25, 0.3) is 6.08 Å².